The molecule has 1 aromatic heterocycles. The predicted octanol–water partition coefficient (Wildman–Crippen LogP) is 3.92. The van der Waals surface area contributed by atoms with Crippen LogP contribution >= 0.6 is 0 Å². The third-order valence-electron chi connectivity index (χ3n) is 4.78. The summed E-state index contributed by atoms with van der Waals surface area (Å²) in [7, 11) is 0. The summed E-state index contributed by atoms with van der Waals surface area (Å²) in [6.45, 7) is 3.32. The van der Waals surface area contributed by atoms with Gasteiger partial charge in [0.2, 0.25) is 0 Å². The fraction of sp³-hybridized carbons (Fsp3) is 0.250. The Morgan fingerprint density at radius 1 is 1.00 bits per heavy atom. The number of carboxylic acid groups (broad SMARTS) is 1. The molecule has 0 aliphatic carbocycles. The molecule has 1 aliphatic rings. The number of aromatic carboxylic acids is 1. The number of nitrogens with zero attached hydrogens (tertiary/aromatic N) is 2. The smallest absolute Gasteiger partial charge is 0.335 e. The number of likely N-dealkylation sites (tertiary alicyclic amines) is 1. The summed E-state index contributed by atoms with van der Waals surface area (Å²) in [5.41, 5.74) is 3.79. The molecule has 1 saturated heterocycles. The van der Waals surface area contributed by atoms with Crippen molar-refractivity contribution in [2.75, 3.05) is 13.1 Å². The molecule has 4 nitrogen and oxygen atoms in total. The van der Waals surface area contributed by atoms with E-state index >= 15 is 0 Å². The highest BCUT2D eigenvalue weighted by atomic mass is 16.4. The zero-order chi connectivity index (χ0) is 16.5. The van der Waals surface area contributed by atoms with Gasteiger partial charge >= 0.3 is 5.97 Å². The minimum Gasteiger partial charge on any atom is -0.478 e. The second-order valence-electron chi connectivity index (χ2n) is 6.38. The van der Waals surface area contributed by atoms with Gasteiger partial charge in [-0.2, -0.15) is 0 Å². The Kier molecular flexibility index (Phi) is 3.82. The van der Waals surface area contributed by atoms with E-state index in [9.17, 15) is 4.79 Å². The van der Waals surface area contributed by atoms with Crippen molar-refractivity contribution in [1.29, 1.82) is 0 Å². The van der Waals surface area contributed by atoms with E-state index in [4.69, 9.17) is 5.11 Å². The van der Waals surface area contributed by atoms with Crippen molar-refractivity contribution in [3.8, 4) is 5.69 Å². The molecule has 0 amide bonds. The van der Waals surface area contributed by atoms with Gasteiger partial charge in [-0.3, -0.25) is 4.90 Å². The van der Waals surface area contributed by atoms with Crippen LogP contribution in [-0.2, 0) is 6.54 Å². The number of carboxylic acids is 1. The minimum atomic E-state index is -0.895. The maximum Gasteiger partial charge on any atom is 0.335 e. The lowest BCUT2D eigenvalue weighted by Gasteiger charge is -2.13. The summed E-state index contributed by atoms with van der Waals surface area (Å²) in [6.07, 6.45) is 4.77. The van der Waals surface area contributed by atoms with Crippen LogP contribution in [0.25, 0.3) is 16.6 Å². The first-order chi connectivity index (χ1) is 11.7. The molecular weight excluding hydrogens is 300 g/mol. The van der Waals surface area contributed by atoms with Crippen molar-refractivity contribution in [2.45, 2.75) is 19.4 Å². The van der Waals surface area contributed by atoms with Crippen LogP contribution in [-0.4, -0.2) is 33.6 Å². The average Bonchev–Trinajstić information content (AvgIpc) is 3.24. The quantitative estimate of drug-likeness (QED) is 0.792. The van der Waals surface area contributed by atoms with Gasteiger partial charge in [0.1, 0.15) is 0 Å². The van der Waals surface area contributed by atoms with Crippen LogP contribution < -0.4 is 0 Å². The van der Waals surface area contributed by atoms with Crippen molar-refractivity contribution < 1.29 is 9.90 Å². The van der Waals surface area contributed by atoms with Gasteiger partial charge in [0, 0.05) is 23.8 Å². The Labute approximate surface area is 140 Å². The minimum absolute atomic E-state index is 0.313. The van der Waals surface area contributed by atoms with Crippen LogP contribution in [0, 0.1) is 0 Å². The third-order valence-corrected chi connectivity index (χ3v) is 4.78. The first-order valence-electron chi connectivity index (χ1n) is 8.37. The predicted molar refractivity (Wildman–Crippen MR) is 94.7 cm³/mol. The molecule has 122 valence electrons. The van der Waals surface area contributed by atoms with Gasteiger partial charge in [-0.1, -0.05) is 18.2 Å². The van der Waals surface area contributed by atoms with Gasteiger partial charge in [-0.25, -0.2) is 4.79 Å². The molecule has 0 saturated carbocycles. The Morgan fingerprint density at radius 3 is 2.42 bits per heavy atom. The first-order valence-corrected chi connectivity index (χ1v) is 8.37. The standard InChI is InChI=1S/C20H20N2O2/c23-20(24)15-7-9-17(10-8-15)22-14-16(13-21-11-3-4-12-21)18-5-1-2-6-19(18)22/h1-2,5-10,14H,3-4,11-13H2,(H,23,24). The molecule has 1 aliphatic heterocycles. The number of benzene rings is 2. The number of aromatic nitrogens is 1. The highest BCUT2D eigenvalue weighted by Crippen LogP contribution is 2.27. The van der Waals surface area contributed by atoms with E-state index in [1.807, 2.05) is 18.2 Å². The van der Waals surface area contributed by atoms with Gasteiger partial charge < -0.3 is 9.67 Å². The normalized spacial score (nSPS) is 15.2. The molecule has 24 heavy (non-hydrogen) atoms. The summed E-state index contributed by atoms with van der Waals surface area (Å²) in [5.74, 6) is -0.895. The summed E-state index contributed by atoms with van der Waals surface area (Å²) >= 11 is 0. The zero-order valence-corrected chi connectivity index (χ0v) is 13.5. The van der Waals surface area contributed by atoms with E-state index < -0.39 is 5.97 Å². The molecule has 3 aromatic rings. The summed E-state index contributed by atoms with van der Waals surface area (Å²) in [4.78, 5) is 13.5. The lowest BCUT2D eigenvalue weighted by Crippen LogP contribution is -2.18. The highest BCUT2D eigenvalue weighted by molar-refractivity contribution is 5.88. The molecule has 0 unspecified atom stereocenters. The number of para-hydroxylation sites is 1. The summed E-state index contributed by atoms with van der Waals surface area (Å²) < 4.78 is 2.16. The van der Waals surface area contributed by atoms with Crippen LogP contribution in [0.3, 0.4) is 0 Å². The fourth-order valence-electron chi connectivity index (χ4n) is 3.54. The van der Waals surface area contributed by atoms with Gasteiger partial charge in [-0.15, -0.1) is 0 Å². The third kappa shape index (κ3) is 2.69. The van der Waals surface area contributed by atoms with Crippen LogP contribution in [0.4, 0.5) is 0 Å². The Bertz CT molecular complexity index is 874. The van der Waals surface area contributed by atoms with E-state index in [0.717, 1.165) is 17.7 Å². The van der Waals surface area contributed by atoms with E-state index in [2.05, 4.69) is 33.9 Å². The van der Waals surface area contributed by atoms with Crippen molar-refractivity contribution in [3.05, 3.63) is 65.9 Å². The van der Waals surface area contributed by atoms with E-state index in [1.165, 1.54) is 36.9 Å². The lowest BCUT2D eigenvalue weighted by atomic mass is 10.1. The Balaban J connectivity index is 1.76. The largest absolute Gasteiger partial charge is 0.478 e. The van der Waals surface area contributed by atoms with E-state index in [0.29, 0.717) is 5.56 Å². The number of hydrogen-bond acceptors (Lipinski definition) is 2. The maximum atomic E-state index is 11.0. The fourth-order valence-corrected chi connectivity index (χ4v) is 3.54. The summed E-state index contributed by atoms with van der Waals surface area (Å²) in [6, 6.07) is 15.5. The molecule has 4 rings (SSSR count). The Hall–Kier alpha value is -2.59. The molecule has 0 bridgehead atoms. The molecule has 0 atom stereocenters. The number of fused-ring (bicyclic) bond motifs is 1. The molecule has 0 spiro atoms. The van der Waals surface area contributed by atoms with E-state index in [1.54, 1.807) is 12.1 Å². The molecule has 1 fully saturated rings. The van der Waals surface area contributed by atoms with Gasteiger partial charge in [-0.05, 0) is 61.8 Å². The lowest BCUT2D eigenvalue weighted by molar-refractivity contribution is 0.0697. The molecule has 4 heteroatoms. The maximum absolute atomic E-state index is 11.0. The van der Waals surface area contributed by atoms with Crippen molar-refractivity contribution >= 4 is 16.9 Å². The van der Waals surface area contributed by atoms with Gasteiger partial charge in [0.05, 0.1) is 11.1 Å². The van der Waals surface area contributed by atoms with Crippen LogP contribution in [0.15, 0.2) is 54.7 Å². The first kappa shape index (κ1) is 15.0. The monoisotopic (exact) mass is 320 g/mol. The molecule has 2 heterocycles. The molecule has 0 radical (unpaired) electrons. The summed E-state index contributed by atoms with van der Waals surface area (Å²) in [5, 5.41) is 10.3. The van der Waals surface area contributed by atoms with Gasteiger partial charge in [0.15, 0.2) is 0 Å². The van der Waals surface area contributed by atoms with Gasteiger partial charge in [0.25, 0.3) is 0 Å². The molecular formula is C20H20N2O2. The highest BCUT2D eigenvalue weighted by Gasteiger charge is 2.16. The van der Waals surface area contributed by atoms with Crippen LogP contribution in [0.2, 0.25) is 0 Å². The number of hydrogen-bond donors (Lipinski definition) is 1. The topological polar surface area (TPSA) is 45.5 Å². The molecule has 1 N–H and O–H groups in total. The van der Waals surface area contributed by atoms with E-state index in [-0.39, 0.29) is 0 Å². The average molecular weight is 320 g/mol. The Morgan fingerprint density at radius 2 is 1.71 bits per heavy atom. The molecule has 2 aromatic carbocycles. The van der Waals surface area contributed by atoms with Crippen molar-refractivity contribution in [1.82, 2.24) is 9.47 Å². The number of carbonyl (C=O) groups is 1. The second kappa shape index (κ2) is 6.13. The van der Waals surface area contributed by atoms with Crippen molar-refractivity contribution in [3.63, 3.8) is 0 Å². The van der Waals surface area contributed by atoms with Crippen LogP contribution in [0.5, 0.6) is 0 Å². The van der Waals surface area contributed by atoms with Crippen LogP contribution in [0.1, 0.15) is 28.8 Å². The number of rotatable bonds is 4. The van der Waals surface area contributed by atoms with Crippen molar-refractivity contribution in [2.24, 2.45) is 0 Å². The SMILES string of the molecule is O=C(O)c1ccc(-n2cc(CN3CCCC3)c3ccccc32)cc1. The second-order valence-corrected chi connectivity index (χ2v) is 6.38. The zero-order valence-electron chi connectivity index (χ0n) is 13.5.